The molecule has 0 amide bonds. The number of unbranched alkanes of at least 4 members (excludes halogenated alkanes) is 4. The lowest BCUT2D eigenvalue weighted by Gasteiger charge is -2.26. The lowest BCUT2D eigenvalue weighted by molar-refractivity contribution is 0.310. The number of rotatable bonds is 12. The average molecular weight is 241 g/mol. The van der Waals surface area contributed by atoms with Crippen LogP contribution in [0.4, 0.5) is 0 Å². The van der Waals surface area contributed by atoms with Crippen molar-refractivity contribution in [2.75, 3.05) is 6.54 Å². The summed E-state index contributed by atoms with van der Waals surface area (Å²) in [5.74, 6) is 0.882. The van der Waals surface area contributed by atoms with Crippen LogP contribution in [0, 0.1) is 5.92 Å². The van der Waals surface area contributed by atoms with Gasteiger partial charge < -0.3 is 5.32 Å². The van der Waals surface area contributed by atoms with Gasteiger partial charge in [0.25, 0.3) is 0 Å². The minimum absolute atomic E-state index is 0.770. The lowest BCUT2D eigenvalue weighted by Crippen LogP contribution is -2.36. The first kappa shape index (κ1) is 17.0. The third kappa shape index (κ3) is 8.65. The summed E-state index contributed by atoms with van der Waals surface area (Å²) in [4.78, 5) is 0. The summed E-state index contributed by atoms with van der Waals surface area (Å²) in [6.45, 7) is 10.4. The molecule has 0 heterocycles. The molecular formula is C16H35N. The molecule has 0 radical (unpaired) electrons. The monoisotopic (exact) mass is 241 g/mol. The Balaban J connectivity index is 3.83. The highest BCUT2D eigenvalue weighted by Gasteiger charge is 2.16. The van der Waals surface area contributed by atoms with Crippen LogP contribution in [0.5, 0.6) is 0 Å². The summed E-state index contributed by atoms with van der Waals surface area (Å²) in [7, 11) is 0. The summed E-state index contributed by atoms with van der Waals surface area (Å²) < 4.78 is 0. The van der Waals surface area contributed by atoms with Crippen LogP contribution in [-0.2, 0) is 0 Å². The molecule has 0 fully saturated rings. The molecule has 0 aromatic carbocycles. The molecule has 17 heavy (non-hydrogen) atoms. The molecule has 0 aromatic rings. The fraction of sp³-hybridized carbons (Fsp3) is 1.00. The number of nitrogens with one attached hydrogen (secondary N) is 1. The quantitative estimate of drug-likeness (QED) is 0.466. The molecule has 1 nitrogen and oxygen atoms in total. The van der Waals surface area contributed by atoms with E-state index < -0.39 is 0 Å². The predicted octanol–water partition coefficient (Wildman–Crippen LogP) is 5.15. The van der Waals surface area contributed by atoms with E-state index in [4.69, 9.17) is 0 Å². The van der Waals surface area contributed by atoms with Gasteiger partial charge in [0.15, 0.2) is 0 Å². The van der Waals surface area contributed by atoms with Crippen LogP contribution in [0.1, 0.15) is 85.5 Å². The van der Waals surface area contributed by atoms with Crippen molar-refractivity contribution in [1.82, 2.24) is 5.32 Å². The van der Waals surface area contributed by atoms with Crippen molar-refractivity contribution in [3.05, 3.63) is 0 Å². The lowest BCUT2D eigenvalue weighted by atomic mass is 9.90. The zero-order valence-electron chi connectivity index (χ0n) is 12.7. The van der Waals surface area contributed by atoms with Crippen molar-refractivity contribution in [3.63, 3.8) is 0 Å². The van der Waals surface area contributed by atoms with Crippen LogP contribution in [0.15, 0.2) is 0 Å². The summed E-state index contributed by atoms with van der Waals surface area (Å²) in [6, 6.07) is 0.770. The molecule has 0 aliphatic carbocycles. The summed E-state index contributed by atoms with van der Waals surface area (Å²) in [5.41, 5.74) is 0. The largest absolute Gasteiger partial charge is 0.314 e. The van der Waals surface area contributed by atoms with E-state index >= 15 is 0 Å². The maximum absolute atomic E-state index is 3.76. The Kier molecular flexibility index (Phi) is 12.4. The number of hydrogen-bond acceptors (Lipinski definition) is 1. The third-order valence-electron chi connectivity index (χ3n) is 3.89. The van der Waals surface area contributed by atoms with E-state index in [1.165, 1.54) is 64.3 Å². The second-order valence-corrected chi connectivity index (χ2v) is 5.34. The molecule has 1 heteroatoms. The molecule has 0 aromatic heterocycles. The number of hydrogen-bond donors (Lipinski definition) is 1. The van der Waals surface area contributed by atoms with Crippen molar-refractivity contribution in [3.8, 4) is 0 Å². The van der Waals surface area contributed by atoms with E-state index in [9.17, 15) is 0 Å². The van der Waals surface area contributed by atoms with Gasteiger partial charge in [-0.3, -0.25) is 0 Å². The standard InChI is InChI=1S/C16H35N/c1-5-9-10-11-12-13-16(17-14-6-2)15(7-3)8-4/h15-17H,5-14H2,1-4H3. The predicted molar refractivity (Wildman–Crippen MR) is 79.5 cm³/mol. The molecule has 0 saturated heterocycles. The van der Waals surface area contributed by atoms with Gasteiger partial charge >= 0.3 is 0 Å². The first-order chi connectivity index (χ1) is 8.29. The molecule has 1 atom stereocenters. The molecule has 0 saturated carbocycles. The smallest absolute Gasteiger partial charge is 0.00951 e. The molecule has 0 aliphatic rings. The molecule has 0 rings (SSSR count). The normalized spacial score (nSPS) is 13.2. The van der Waals surface area contributed by atoms with Gasteiger partial charge in [0, 0.05) is 6.04 Å². The van der Waals surface area contributed by atoms with Crippen LogP contribution in [0.2, 0.25) is 0 Å². The van der Waals surface area contributed by atoms with Gasteiger partial charge in [-0.15, -0.1) is 0 Å². The van der Waals surface area contributed by atoms with Gasteiger partial charge in [-0.05, 0) is 25.3 Å². The van der Waals surface area contributed by atoms with E-state index in [0.717, 1.165) is 12.0 Å². The third-order valence-corrected chi connectivity index (χ3v) is 3.89. The highest BCUT2D eigenvalue weighted by atomic mass is 14.9. The highest BCUT2D eigenvalue weighted by molar-refractivity contribution is 4.74. The molecule has 104 valence electrons. The van der Waals surface area contributed by atoms with Crippen LogP contribution in [-0.4, -0.2) is 12.6 Å². The topological polar surface area (TPSA) is 12.0 Å². The van der Waals surface area contributed by atoms with Crippen LogP contribution in [0.3, 0.4) is 0 Å². The maximum Gasteiger partial charge on any atom is 0.00951 e. The summed E-state index contributed by atoms with van der Waals surface area (Å²) in [6.07, 6.45) is 12.3. The molecule has 0 spiro atoms. The Morgan fingerprint density at radius 2 is 1.41 bits per heavy atom. The maximum atomic E-state index is 3.76. The Morgan fingerprint density at radius 1 is 0.765 bits per heavy atom. The van der Waals surface area contributed by atoms with Crippen LogP contribution in [0.25, 0.3) is 0 Å². The Hall–Kier alpha value is -0.0400. The van der Waals surface area contributed by atoms with E-state index in [1.54, 1.807) is 0 Å². The fourth-order valence-corrected chi connectivity index (χ4v) is 2.66. The molecular weight excluding hydrogens is 206 g/mol. The van der Waals surface area contributed by atoms with Gasteiger partial charge in [-0.2, -0.15) is 0 Å². The van der Waals surface area contributed by atoms with E-state index in [0.29, 0.717) is 0 Å². The van der Waals surface area contributed by atoms with Crippen molar-refractivity contribution < 1.29 is 0 Å². The van der Waals surface area contributed by atoms with Crippen molar-refractivity contribution in [1.29, 1.82) is 0 Å². The Bertz CT molecular complexity index is 140. The summed E-state index contributed by atoms with van der Waals surface area (Å²) in [5, 5.41) is 3.76. The van der Waals surface area contributed by atoms with Crippen LogP contribution < -0.4 is 5.32 Å². The minimum Gasteiger partial charge on any atom is -0.314 e. The fourth-order valence-electron chi connectivity index (χ4n) is 2.66. The van der Waals surface area contributed by atoms with Gasteiger partial charge in [0.2, 0.25) is 0 Å². The zero-order chi connectivity index (χ0) is 12.9. The van der Waals surface area contributed by atoms with Crippen molar-refractivity contribution in [2.24, 2.45) is 5.92 Å². The van der Waals surface area contributed by atoms with E-state index in [1.807, 2.05) is 0 Å². The van der Waals surface area contributed by atoms with E-state index in [-0.39, 0.29) is 0 Å². The molecule has 1 N–H and O–H groups in total. The molecule has 0 aliphatic heterocycles. The second-order valence-electron chi connectivity index (χ2n) is 5.34. The van der Waals surface area contributed by atoms with Gasteiger partial charge in [-0.1, -0.05) is 72.6 Å². The van der Waals surface area contributed by atoms with Crippen molar-refractivity contribution in [2.45, 2.75) is 91.5 Å². The SMILES string of the molecule is CCCCCCCC(NCCC)C(CC)CC. The van der Waals surface area contributed by atoms with Gasteiger partial charge in [0.05, 0.1) is 0 Å². The first-order valence-electron chi connectivity index (χ1n) is 8.03. The van der Waals surface area contributed by atoms with Crippen molar-refractivity contribution >= 4 is 0 Å². The molecule has 0 bridgehead atoms. The Morgan fingerprint density at radius 3 is 1.94 bits per heavy atom. The Labute approximate surface area is 110 Å². The minimum atomic E-state index is 0.770. The average Bonchev–Trinajstić information content (AvgIpc) is 2.36. The highest BCUT2D eigenvalue weighted by Crippen LogP contribution is 2.19. The molecule has 1 unspecified atom stereocenters. The first-order valence-corrected chi connectivity index (χ1v) is 8.03. The second kappa shape index (κ2) is 12.4. The van der Waals surface area contributed by atoms with Gasteiger partial charge in [-0.25, -0.2) is 0 Å². The van der Waals surface area contributed by atoms with Crippen LogP contribution >= 0.6 is 0 Å². The zero-order valence-corrected chi connectivity index (χ0v) is 12.7. The van der Waals surface area contributed by atoms with E-state index in [2.05, 4.69) is 33.0 Å². The van der Waals surface area contributed by atoms with Gasteiger partial charge in [0.1, 0.15) is 0 Å². The summed E-state index contributed by atoms with van der Waals surface area (Å²) >= 11 is 0.